The summed E-state index contributed by atoms with van der Waals surface area (Å²) in [4.78, 5) is 14.3. The average Bonchev–Trinajstić information content (AvgIpc) is 2.46. The number of hydrogen-bond acceptors (Lipinski definition) is 3. The molecule has 2 N–H and O–H groups in total. The number of hydrogen-bond donors (Lipinski definition) is 2. The summed E-state index contributed by atoms with van der Waals surface area (Å²) in [6.45, 7) is 5.31. The van der Waals surface area contributed by atoms with Crippen LogP contribution in [0.3, 0.4) is 0 Å². The minimum Gasteiger partial charge on any atom is -0.353 e. The zero-order chi connectivity index (χ0) is 13.7. The molecule has 0 fully saturated rings. The van der Waals surface area contributed by atoms with Crippen LogP contribution >= 0.6 is 0 Å². The number of carbonyl (C=O) groups is 1. The first-order valence-corrected chi connectivity index (χ1v) is 6.95. The van der Waals surface area contributed by atoms with Crippen molar-refractivity contribution in [3.8, 4) is 0 Å². The molecule has 0 aliphatic carbocycles. The van der Waals surface area contributed by atoms with Gasteiger partial charge in [-0.1, -0.05) is 24.3 Å². The number of carbonyl (C=O) groups excluding carboxylic acids is 1. The van der Waals surface area contributed by atoms with Gasteiger partial charge in [-0.15, -0.1) is 0 Å². The molecule has 1 amide bonds. The molecule has 0 bridgehead atoms. The molecule has 1 aliphatic rings. The monoisotopic (exact) mass is 261 g/mol. The Labute approximate surface area is 115 Å². The lowest BCUT2D eigenvalue weighted by atomic mass is 9.99. The molecule has 1 aromatic rings. The molecule has 1 unspecified atom stereocenters. The van der Waals surface area contributed by atoms with E-state index in [0.717, 1.165) is 26.1 Å². The molecule has 1 atom stereocenters. The molecule has 1 heterocycles. The van der Waals surface area contributed by atoms with E-state index in [1.165, 1.54) is 11.1 Å². The molecule has 0 saturated heterocycles. The standard InChI is InChI=1S/C15H23N3O/c1-12(15(19)17-9-8-16-2)18-10-7-13-5-3-4-6-14(13)11-18/h3-6,12,16H,7-11H2,1-2H3,(H,17,19). The molecule has 1 aromatic carbocycles. The van der Waals surface area contributed by atoms with E-state index in [4.69, 9.17) is 0 Å². The van der Waals surface area contributed by atoms with E-state index in [0.29, 0.717) is 6.54 Å². The number of benzene rings is 1. The Kier molecular flexibility index (Phi) is 4.93. The van der Waals surface area contributed by atoms with Crippen molar-refractivity contribution < 1.29 is 4.79 Å². The molecule has 1 aliphatic heterocycles. The van der Waals surface area contributed by atoms with Gasteiger partial charge in [-0.05, 0) is 31.5 Å². The molecule has 104 valence electrons. The van der Waals surface area contributed by atoms with Crippen LogP contribution in [-0.2, 0) is 17.8 Å². The highest BCUT2D eigenvalue weighted by molar-refractivity contribution is 5.81. The maximum atomic E-state index is 12.0. The van der Waals surface area contributed by atoms with Crippen LogP contribution in [0.1, 0.15) is 18.1 Å². The molecule has 0 saturated carbocycles. The second kappa shape index (κ2) is 6.68. The van der Waals surface area contributed by atoms with Gasteiger partial charge in [0.2, 0.25) is 5.91 Å². The predicted molar refractivity (Wildman–Crippen MR) is 77.0 cm³/mol. The molecule has 2 rings (SSSR count). The quantitative estimate of drug-likeness (QED) is 0.770. The van der Waals surface area contributed by atoms with E-state index < -0.39 is 0 Å². The van der Waals surface area contributed by atoms with Gasteiger partial charge in [0, 0.05) is 26.2 Å². The lowest BCUT2D eigenvalue weighted by Crippen LogP contribution is -2.48. The Morgan fingerprint density at radius 1 is 1.32 bits per heavy atom. The number of fused-ring (bicyclic) bond motifs is 1. The van der Waals surface area contributed by atoms with Crippen LogP contribution in [0, 0.1) is 0 Å². The normalized spacial score (nSPS) is 16.7. The summed E-state index contributed by atoms with van der Waals surface area (Å²) >= 11 is 0. The van der Waals surface area contributed by atoms with Crippen LogP contribution < -0.4 is 10.6 Å². The summed E-state index contributed by atoms with van der Waals surface area (Å²) in [5.74, 6) is 0.120. The predicted octanol–water partition coefficient (Wildman–Crippen LogP) is 0.769. The molecule has 0 radical (unpaired) electrons. The van der Waals surface area contributed by atoms with Gasteiger partial charge in [0.15, 0.2) is 0 Å². The molecule has 4 nitrogen and oxygen atoms in total. The SMILES string of the molecule is CNCCNC(=O)C(C)N1CCc2ccccc2C1. The summed E-state index contributed by atoms with van der Waals surface area (Å²) < 4.78 is 0. The first-order valence-electron chi connectivity index (χ1n) is 6.95. The molecule has 19 heavy (non-hydrogen) atoms. The van der Waals surface area contributed by atoms with E-state index in [2.05, 4.69) is 39.8 Å². The third kappa shape index (κ3) is 3.55. The fourth-order valence-electron chi connectivity index (χ4n) is 2.47. The van der Waals surface area contributed by atoms with Gasteiger partial charge in [-0.2, -0.15) is 0 Å². The van der Waals surface area contributed by atoms with Crippen molar-refractivity contribution in [3.63, 3.8) is 0 Å². The Morgan fingerprint density at radius 3 is 2.79 bits per heavy atom. The third-order valence-corrected chi connectivity index (χ3v) is 3.76. The lowest BCUT2D eigenvalue weighted by molar-refractivity contribution is -0.126. The van der Waals surface area contributed by atoms with Crippen molar-refractivity contribution >= 4 is 5.91 Å². The lowest BCUT2D eigenvalue weighted by Gasteiger charge is -2.32. The van der Waals surface area contributed by atoms with Crippen molar-refractivity contribution in [2.24, 2.45) is 0 Å². The van der Waals surface area contributed by atoms with Gasteiger partial charge in [-0.3, -0.25) is 9.69 Å². The minimum atomic E-state index is -0.0646. The van der Waals surface area contributed by atoms with Gasteiger partial charge in [-0.25, -0.2) is 0 Å². The second-order valence-corrected chi connectivity index (χ2v) is 5.06. The maximum absolute atomic E-state index is 12.0. The molecular weight excluding hydrogens is 238 g/mol. The Bertz CT molecular complexity index is 433. The summed E-state index contributed by atoms with van der Waals surface area (Å²) in [5.41, 5.74) is 2.77. The average molecular weight is 261 g/mol. The molecule has 0 aromatic heterocycles. The van der Waals surface area contributed by atoms with Gasteiger partial charge in [0.1, 0.15) is 0 Å². The fraction of sp³-hybridized carbons (Fsp3) is 0.533. The van der Waals surface area contributed by atoms with E-state index >= 15 is 0 Å². The number of rotatable bonds is 5. The van der Waals surface area contributed by atoms with E-state index in [9.17, 15) is 4.79 Å². The van der Waals surface area contributed by atoms with E-state index in [-0.39, 0.29) is 11.9 Å². The second-order valence-electron chi connectivity index (χ2n) is 5.06. The van der Waals surface area contributed by atoms with Crippen LogP contribution in [0.4, 0.5) is 0 Å². The van der Waals surface area contributed by atoms with Gasteiger partial charge in [0.05, 0.1) is 6.04 Å². The van der Waals surface area contributed by atoms with Gasteiger partial charge >= 0.3 is 0 Å². The number of amides is 1. The number of nitrogens with zero attached hydrogens (tertiary/aromatic N) is 1. The van der Waals surface area contributed by atoms with E-state index in [1.807, 2.05) is 14.0 Å². The van der Waals surface area contributed by atoms with Crippen molar-refractivity contribution in [2.75, 3.05) is 26.7 Å². The van der Waals surface area contributed by atoms with Crippen molar-refractivity contribution in [2.45, 2.75) is 25.9 Å². The highest BCUT2D eigenvalue weighted by Crippen LogP contribution is 2.20. The van der Waals surface area contributed by atoms with E-state index in [1.54, 1.807) is 0 Å². The smallest absolute Gasteiger partial charge is 0.237 e. The van der Waals surface area contributed by atoms with Gasteiger partial charge in [0.25, 0.3) is 0 Å². The number of likely N-dealkylation sites (N-methyl/N-ethyl adjacent to an activating group) is 1. The first-order chi connectivity index (χ1) is 9.22. The zero-order valence-corrected chi connectivity index (χ0v) is 11.8. The van der Waals surface area contributed by atoms with Gasteiger partial charge < -0.3 is 10.6 Å². The Morgan fingerprint density at radius 2 is 2.05 bits per heavy atom. The first kappa shape index (κ1) is 14.0. The Hall–Kier alpha value is -1.39. The van der Waals surface area contributed by atoms with Crippen molar-refractivity contribution in [1.29, 1.82) is 0 Å². The molecular formula is C15H23N3O. The van der Waals surface area contributed by atoms with Crippen LogP contribution in [0.5, 0.6) is 0 Å². The third-order valence-electron chi connectivity index (χ3n) is 3.76. The fourth-order valence-corrected chi connectivity index (χ4v) is 2.47. The number of nitrogens with one attached hydrogen (secondary N) is 2. The van der Waals surface area contributed by atoms with Crippen molar-refractivity contribution in [3.05, 3.63) is 35.4 Å². The summed E-state index contributed by atoms with van der Waals surface area (Å²) in [6.07, 6.45) is 1.03. The van der Waals surface area contributed by atoms with Crippen molar-refractivity contribution in [1.82, 2.24) is 15.5 Å². The topological polar surface area (TPSA) is 44.4 Å². The Balaban J connectivity index is 1.91. The molecule has 0 spiro atoms. The highest BCUT2D eigenvalue weighted by Gasteiger charge is 2.24. The van der Waals surface area contributed by atoms with Crippen LogP contribution in [0.15, 0.2) is 24.3 Å². The largest absolute Gasteiger partial charge is 0.353 e. The zero-order valence-electron chi connectivity index (χ0n) is 11.8. The summed E-state index contributed by atoms with van der Waals surface area (Å²) in [6, 6.07) is 8.44. The van der Waals surface area contributed by atoms with Crippen LogP contribution in [-0.4, -0.2) is 43.5 Å². The van der Waals surface area contributed by atoms with Crippen LogP contribution in [0.2, 0.25) is 0 Å². The van der Waals surface area contributed by atoms with Crippen LogP contribution in [0.25, 0.3) is 0 Å². The molecule has 4 heteroatoms. The minimum absolute atomic E-state index is 0.0646. The maximum Gasteiger partial charge on any atom is 0.237 e. The summed E-state index contributed by atoms with van der Waals surface area (Å²) in [7, 11) is 1.89. The summed E-state index contributed by atoms with van der Waals surface area (Å²) in [5, 5.41) is 5.99. The highest BCUT2D eigenvalue weighted by atomic mass is 16.2.